The zero-order valence-electron chi connectivity index (χ0n) is 28.9. The smallest absolute Gasteiger partial charge is 0.274 e. The van der Waals surface area contributed by atoms with Crippen molar-refractivity contribution in [3.05, 3.63) is 107 Å². The van der Waals surface area contributed by atoms with Gasteiger partial charge in [-0.1, -0.05) is 68.2 Å². The Labute approximate surface area is 291 Å². The molecule has 0 aliphatic carbocycles. The van der Waals surface area contributed by atoms with Gasteiger partial charge in [-0.3, -0.25) is 14.4 Å². The molecule has 0 bridgehead atoms. The van der Waals surface area contributed by atoms with Crippen molar-refractivity contribution in [3.8, 4) is 5.69 Å². The summed E-state index contributed by atoms with van der Waals surface area (Å²) in [6, 6.07) is 21.7. The van der Waals surface area contributed by atoms with Crippen LogP contribution in [-0.2, 0) is 24.2 Å². The average Bonchev–Trinajstić information content (AvgIpc) is 3.73. The van der Waals surface area contributed by atoms with Crippen LogP contribution in [0.25, 0.3) is 16.7 Å². The first kappa shape index (κ1) is 34.6. The number of rotatable bonds is 13. The minimum atomic E-state index is -0.439. The number of anilines is 1. The summed E-state index contributed by atoms with van der Waals surface area (Å²) >= 11 is 0. The Bertz CT molecular complexity index is 1990. The third kappa shape index (κ3) is 7.33. The molecular weight excluding hydrogens is 632 g/mol. The van der Waals surface area contributed by atoms with Gasteiger partial charge in [-0.05, 0) is 73.7 Å². The van der Waals surface area contributed by atoms with Gasteiger partial charge < -0.3 is 24.7 Å². The van der Waals surface area contributed by atoms with Gasteiger partial charge in [0.1, 0.15) is 5.69 Å². The number of para-hydroxylation sites is 1. The summed E-state index contributed by atoms with van der Waals surface area (Å²) in [5.41, 5.74) is 5.39. The van der Waals surface area contributed by atoms with Crippen LogP contribution in [0.3, 0.4) is 0 Å². The van der Waals surface area contributed by atoms with Crippen molar-refractivity contribution in [1.29, 1.82) is 0 Å². The van der Waals surface area contributed by atoms with Gasteiger partial charge in [0, 0.05) is 36.4 Å². The molecule has 1 aliphatic heterocycles. The lowest BCUT2D eigenvalue weighted by atomic mass is 9.93. The maximum absolute atomic E-state index is 14.6. The first-order valence-corrected chi connectivity index (χ1v) is 17.4. The monoisotopic (exact) mass is 676 g/mol. The number of fused-ring (bicyclic) bond motifs is 2. The van der Waals surface area contributed by atoms with Crippen LogP contribution in [0.1, 0.15) is 82.9 Å². The Hall–Kier alpha value is -5.29. The van der Waals surface area contributed by atoms with Crippen molar-refractivity contribution < 1.29 is 24.0 Å². The zero-order valence-corrected chi connectivity index (χ0v) is 28.9. The zero-order chi connectivity index (χ0) is 35.2. The van der Waals surface area contributed by atoms with Crippen molar-refractivity contribution in [1.82, 2.24) is 24.7 Å². The Morgan fingerprint density at radius 3 is 2.42 bits per heavy atom. The van der Waals surface area contributed by atoms with E-state index in [0.717, 1.165) is 42.2 Å². The lowest BCUT2D eigenvalue weighted by Crippen LogP contribution is -2.46. The van der Waals surface area contributed by atoms with Crippen molar-refractivity contribution in [2.75, 3.05) is 25.0 Å². The molecule has 1 atom stereocenters. The van der Waals surface area contributed by atoms with Gasteiger partial charge in [-0.15, -0.1) is 0 Å². The topological polar surface area (TPSA) is 134 Å². The normalized spacial score (nSPS) is 14.1. The summed E-state index contributed by atoms with van der Waals surface area (Å²) in [5, 5.41) is 22.9. The maximum atomic E-state index is 14.6. The second-order valence-electron chi connectivity index (χ2n) is 12.9. The molecule has 6 rings (SSSR count). The molecule has 2 aromatic heterocycles. The number of hydrogen-bond acceptors (Lipinski definition) is 7. The van der Waals surface area contributed by atoms with Gasteiger partial charge >= 0.3 is 0 Å². The summed E-state index contributed by atoms with van der Waals surface area (Å²) in [6.45, 7) is 7.48. The van der Waals surface area contributed by atoms with E-state index in [-0.39, 0.29) is 36.3 Å². The van der Waals surface area contributed by atoms with E-state index >= 15 is 0 Å². The second kappa shape index (κ2) is 15.5. The standard InChI is InChI=1S/C39H44N6O5/c1-4-6-18-43(19-7-5-2)39(49)34-20-26(3)45(41-34)35-17-16-29(40-37(47)23-33-31-14-10-11-15-36(31)50-42-33)22-32(35)38(48)44-24-28-13-9-8-12-27(28)21-30(44)25-46/h8-17,20,22,30,46H,4-7,18-19,21,23-25H2,1-3H3,(H,40,47)/t30-/m0/s1. The largest absolute Gasteiger partial charge is 0.394 e. The predicted octanol–water partition coefficient (Wildman–Crippen LogP) is 6.10. The summed E-state index contributed by atoms with van der Waals surface area (Å²) in [7, 11) is 0. The molecule has 3 amide bonds. The number of aromatic nitrogens is 3. The van der Waals surface area contributed by atoms with Gasteiger partial charge in [0.25, 0.3) is 11.8 Å². The number of unbranched alkanes of at least 4 members (excludes halogenated alkanes) is 2. The quantitative estimate of drug-likeness (QED) is 0.154. The number of benzene rings is 3. The Morgan fingerprint density at radius 1 is 0.960 bits per heavy atom. The molecule has 0 saturated heterocycles. The molecule has 3 heterocycles. The van der Waals surface area contributed by atoms with E-state index in [4.69, 9.17) is 9.62 Å². The fourth-order valence-electron chi connectivity index (χ4n) is 6.53. The van der Waals surface area contributed by atoms with E-state index in [1.165, 1.54) is 0 Å². The number of carbonyl (C=O) groups excluding carboxylic acids is 3. The van der Waals surface area contributed by atoms with Crippen LogP contribution < -0.4 is 5.32 Å². The number of aliphatic hydroxyl groups excluding tert-OH is 1. The Balaban J connectivity index is 1.35. The van der Waals surface area contributed by atoms with Crippen molar-refractivity contribution in [3.63, 3.8) is 0 Å². The highest BCUT2D eigenvalue weighted by atomic mass is 16.5. The van der Waals surface area contributed by atoms with E-state index in [2.05, 4.69) is 24.3 Å². The molecule has 0 fully saturated rings. The number of amides is 3. The lowest BCUT2D eigenvalue weighted by molar-refractivity contribution is -0.115. The minimum absolute atomic E-state index is 0.0200. The third-order valence-corrected chi connectivity index (χ3v) is 9.30. The SMILES string of the molecule is CCCCN(CCCC)C(=O)c1cc(C)n(-c2ccc(NC(=O)Cc3noc4ccccc34)cc2C(=O)N2Cc3ccccc3C[C@H]2CO)n1. The fourth-order valence-corrected chi connectivity index (χ4v) is 6.53. The summed E-state index contributed by atoms with van der Waals surface area (Å²) < 4.78 is 7.00. The van der Waals surface area contributed by atoms with Gasteiger partial charge in [-0.25, -0.2) is 4.68 Å². The Morgan fingerprint density at radius 2 is 1.68 bits per heavy atom. The van der Waals surface area contributed by atoms with Crippen molar-refractivity contribution in [2.45, 2.75) is 71.9 Å². The fraction of sp³-hybridized carbons (Fsp3) is 0.359. The molecule has 0 saturated carbocycles. The summed E-state index contributed by atoms with van der Waals surface area (Å²) in [5.74, 6) is -0.779. The third-order valence-electron chi connectivity index (χ3n) is 9.30. The van der Waals surface area contributed by atoms with Crippen LogP contribution in [0.5, 0.6) is 0 Å². The number of aryl methyl sites for hydroxylation is 1. The molecule has 0 unspecified atom stereocenters. The highest BCUT2D eigenvalue weighted by molar-refractivity contribution is 6.01. The molecule has 0 radical (unpaired) electrons. The van der Waals surface area contributed by atoms with Gasteiger partial charge in [0.05, 0.1) is 30.3 Å². The summed E-state index contributed by atoms with van der Waals surface area (Å²) in [6.07, 6.45) is 4.25. The van der Waals surface area contributed by atoms with Crippen LogP contribution >= 0.6 is 0 Å². The molecular formula is C39H44N6O5. The highest BCUT2D eigenvalue weighted by Crippen LogP contribution is 2.29. The van der Waals surface area contributed by atoms with Gasteiger partial charge in [0.15, 0.2) is 11.3 Å². The van der Waals surface area contributed by atoms with Crippen LogP contribution in [0.4, 0.5) is 5.69 Å². The van der Waals surface area contributed by atoms with E-state index < -0.39 is 6.04 Å². The molecule has 0 spiro atoms. The highest BCUT2D eigenvalue weighted by Gasteiger charge is 2.32. The number of nitrogens with one attached hydrogen (secondary N) is 1. The van der Waals surface area contributed by atoms with Crippen LogP contribution in [0.2, 0.25) is 0 Å². The Kier molecular flexibility index (Phi) is 10.7. The average molecular weight is 677 g/mol. The molecule has 260 valence electrons. The molecule has 1 aliphatic rings. The number of hydrogen-bond donors (Lipinski definition) is 2. The van der Waals surface area contributed by atoms with Gasteiger partial charge in [0.2, 0.25) is 5.91 Å². The van der Waals surface area contributed by atoms with Crippen LogP contribution in [0.15, 0.2) is 77.3 Å². The minimum Gasteiger partial charge on any atom is -0.394 e. The number of nitrogens with zero attached hydrogens (tertiary/aromatic N) is 5. The van der Waals surface area contributed by atoms with E-state index in [0.29, 0.717) is 60.1 Å². The van der Waals surface area contributed by atoms with Crippen molar-refractivity contribution in [2.24, 2.45) is 0 Å². The lowest BCUT2D eigenvalue weighted by Gasteiger charge is -2.36. The predicted molar refractivity (Wildman–Crippen MR) is 191 cm³/mol. The van der Waals surface area contributed by atoms with Crippen LogP contribution in [-0.4, -0.2) is 73.3 Å². The molecule has 2 N–H and O–H groups in total. The first-order valence-electron chi connectivity index (χ1n) is 17.4. The second-order valence-corrected chi connectivity index (χ2v) is 12.9. The number of carbonyl (C=O) groups is 3. The van der Waals surface area contributed by atoms with E-state index in [9.17, 15) is 19.5 Å². The summed E-state index contributed by atoms with van der Waals surface area (Å²) in [4.78, 5) is 45.1. The molecule has 3 aromatic carbocycles. The molecule has 11 nitrogen and oxygen atoms in total. The van der Waals surface area contributed by atoms with Gasteiger partial charge in [-0.2, -0.15) is 5.10 Å². The molecule has 50 heavy (non-hydrogen) atoms. The van der Waals surface area contributed by atoms with Crippen molar-refractivity contribution >= 4 is 34.4 Å². The van der Waals surface area contributed by atoms with E-state index in [1.54, 1.807) is 39.9 Å². The molecule has 11 heteroatoms. The number of aliphatic hydroxyl groups is 1. The maximum Gasteiger partial charge on any atom is 0.274 e. The first-order chi connectivity index (χ1) is 24.3. The van der Waals surface area contributed by atoms with E-state index in [1.807, 2.05) is 54.3 Å². The van der Waals surface area contributed by atoms with Crippen LogP contribution in [0, 0.1) is 6.92 Å². The molecule has 5 aromatic rings.